The maximum absolute atomic E-state index is 5.48. The molecular weight excluding hydrogens is 394 g/mol. The number of nitrogens with one attached hydrogen (secondary N) is 1. The van der Waals surface area contributed by atoms with Crippen LogP contribution in [0, 0.1) is 35.5 Å². The Hall–Kier alpha value is -0.380. The molecule has 4 saturated carbocycles. The van der Waals surface area contributed by atoms with E-state index in [0.29, 0.717) is 6.10 Å². The van der Waals surface area contributed by atoms with Crippen molar-refractivity contribution in [1.29, 1.82) is 0 Å². The molecule has 8 unspecified atom stereocenters. The van der Waals surface area contributed by atoms with E-state index in [9.17, 15) is 0 Å². The van der Waals surface area contributed by atoms with Gasteiger partial charge >= 0.3 is 0 Å². The minimum atomic E-state index is 0.684. The highest BCUT2D eigenvalue weighted by molar-refractivity contribution is 4.98. The molecule has 0 bridgehead atoms. The molecule has 0 amide bonds. The number of hydrogen-bond acceptors (Lipinski definition) is 3. The molecule has 0 aromatic heterocycles. The van der Waals surface area contributed by atoms with E-state index in [1.165, 1.54) is 103 Å². The normalized spacial score (nSPS) is 44.5. The van der Waals surface area contributed by atoms with Gasteiger partial charge in [0.25, 0.3) is 0 Å². The third-order valence-electron chi connectivity index (χ3n) is 10.1. The lowest BCUT2D eigenvalue weighted by atomic mass is 9.68. The maximum Gasteiger partial charge on any atom is 0.0603 e. The molecule has 0 aromatic rings. The van der Waals surface area contributed by atoms with Crippen molar-refractivity contribution < 1.29 is 9.47 Å². The van der Waals surface area contributed by atoms with E-state index in [1.54, 1.807) is 0 Å². The number of ether oxygens (including phenoxy) is 2. The molecule has 3 heterocycles. The molecule has 3 saturated heterocycles. The molecule has 0 aromatic carbocycles. The molecule has 7 fully saturated rings. The highest BCUT2D eigenvalue weighted by atomic mass is 16.5. The van der Waals surface area contributed by atoms with Crippen molar-refractivity contribution in [2.45, 2.75) is 108 Å². The first-order valence-electron chi connectivity index (χ1n) is 14.4. The maximum atomic E-state index is 5.48. The van der Waals surface area contributed by atoms with Gasteiger partial charge in [0, 0.05) is 25.9 Å². The van der Waals surface area contributed by atoms with E-state index in [4.69, 9.17) is 9.47 Å². The number of fused-ring (bicyclic) bond motifs is 4. The van der Waals surface area contributed by atoms with Crippen molar-refractivity contribution in [3.63, 3.8) is 0 Å². The van der Waals surface area contributed by atoms with Crippen LogP contribution in [0.2, 0.25) is 0 Å². The zero-order valence-electron chi connectivity index (χ0n) is 20.5. The lowest BCUT2D eigenvalue weighted by Crippen LogP contribution is -2.47. The zero-order valence-corrected chi connectivity index (χ0v) is 20.5. The first-order valence-corrected chi connectivity index (χ1v) is 14.4. The van der Waals surface area contributed by atoms with Gasteiger partial charge in [-0.15, -0.1) is 0 Å². The molecule has 8 aliphatic rings. The van der Waals surface area contributed by atoms with Crippen LogP contribution in [0.5, 0.6) is 0 Å². The van der Waals surface area contributed by atoms with Crippen molar-refractivity contribution in [2.75, 3.05) is 26.4 Å². The molecule has 3 aliphatic heterocycles. The van der Waals surface area contributed by atoms with E-state index >= 15 is 0 Å². The smallest absolute Gasteiger partial charge is 0.0603 e. The van der Waals surface area contributed by atoms with Gasteiger partial charge in [-0.05, 0) is 138 Å². The van der Waals surface area contributed by atoms with Gasteiger partial charge in [0.15, 0.2) is 0 Å². The molecule has 182 valence electrons. The summed E-state index contributed by atoms with van der Waals surface area (Å²) in [5.41, 5.74) is 0. The average Bonchev–Trinajstić information content (AvgIpc) is 2.74. The molecule has 3 heteroatoms. The van der Waals surface area contributed by atoms with E-state index in [1.807, 2.05) is 0 Å². The van der Waals surface area contributed by atoms with Crippen LogP contribution in [0.15, 0.2) is 12.2 Å². The SMILES string of the molecule is C1=CCC2CCC2C1.C1CC2CCC2CO1.C1CNC2CCC2C1.C1COC2CCC2C1. The summed E-state index contributed by atoms with van der Waals surface area (Å²) in [6.45, 7) is 4.40. The van der Waals surface area contributed by atoms with Gasteiger partial charge in [-0.1, -0.05) is 12.2 Å². The minimum absolute atomic E-state index is 0.684. The Kier molecular flexibility index (Phi) is 8.65. The van der Waals surface area contributed by atoms with E-state index in [2.05, 4.69) is 17.5 Å². The Balaban J connectivity index is 0.0000000900. The van der Waals surface area contributed by atoms with Gasteiger partial charge in [-0.2, -0.15) is 0 Å². The van der Waals surface area contributed by atoms with Crippen LogP contribution in [0.3, 0.4) is 0 Å². The summed E-state index contributed by atoms with van der Waals surface area (Å²) in [6.07, 6.45) is 26.8. The molecule has 8 atom stereocenters. The van der Waals surface area contributed by atoms with Gasteiger partial charge in [0.1, 0.15) is 0 Å². The molecule has 1 N–H and O–H groups in total. The molecule has 32 heavy (non-hydrogen) atoms. The van der Waals surface area contributed by atoms with Crippen molar-refractivity contribution >= 4 is 0 Å². The molecule has 3 nitrogen and oxygen atoms in total. The third kappa shape index (κ3) is 5.99. The second kappa shape index (κ2) is 11.8. The monoisotopic (exact) mass is 443 g/mol. The Morgan fingerprint density at radius 1 is 0.562 bits per heavy atom. The van der Waals surface area contributed by atoms with Crippen molar-refractivity contribution in [2.24, 2.45) is 35.5 Å². The van der Waals surface area contributed by atoms with Gasteiger partial charge in [-0.3, -0.25) is 0 Å². The Labute approximate surface area is 197 Å². The van der Waals surface area contributed by atoms with Gasteiger partial charge in [-0.25, -0.2) is 0 Å². The van der Waals surface area contributed by atoms with Gasteiger partial charge < -0.3 is 14.8 Å². The summed E-state index contributed by atoms with van der Waals surface area (Å²) >= 11 is 0. The van der Waals surface area contributed by atoms with Crippen LogP contribution in [-0.4, -0.2) is 38.5 Å². The van der Waals surface area contributed by atoms with Crippen LogP contribution in [0.4, 0.5) is 0 Å². The Bertz CT molecular complexity index is 485. The second-order valence-electron chi connectivity index (χ2n) is 11.9. The summed E-state index contributed by atoms with van der Waals surface area (Å²) < 4.78 is 10.8. The van der Waals surface area contributed by atoms with Crippen molar-refractivity contribution in [3.8, 4) is 0 Å². The zero-order chi connectivity index (χ0) is 21.6. The predicted molar refractivity (Wildman–Crippen MR) is 132 cm³/mol. The van der Waals surface area contributed by atoms with Gasteiger partial charge in [0.05, 0.1) is 6.10 Å². The number of hydrogen-bond donors (Lipinski definition) is 1. The molecule has 0 spiro atoms. The highest BCUT2D eigenvalue weighted by Crippen LogP contribution is 2.42. The third-order valence-corrected chi connectivity index (χ3v) is 10.1. The molecule has 0 radical (unpaired) electrons. The summed E-state index contributed by atoms with van der Waals surface area (Å²) in [6, 6.07) is 0.934. The van der Waals surface area contributed by atoms with E-state index in [-0.39, 0.29) is 0 Å². The Morgan fingerprint density at radius 2 is 1.28 bits per heavy atom. The largest absolute Gasteiger partial charge is 0.381 e. The summed E-state index contributed by atoms with van der Waals surface area (Å²) in [7, 11) is 0. The fourth-order valence-corrected chi connectivity index (χ4v) is 7.01. The lowest BCUT2D eigenvalue weighted by molar-refractivity contribution is -0.0821. The first-order chi connectivity index (χ1) is 15.9. The predicted octanol–water partition coefficient (Wildman–Crippen LogP) is 6.52. The van der Waals surface area contributed by atoms with E-state index < -0.39 is 0 Å². The Morgan fingerprint density at radius 3 is 1.62 bits per heavy atom. The second-order valence-corrected chi connectivity index (χ2v) is 11.9. The minimum Gasteiger partial charge on any atom is -0.381 e. The van der Waals surface area contributed by atoms with E-state index in [0.717, 1.165) is 61.4 Å². The van der Waals surface area contributed by atoms with Crippen LogP contribution >= 0.6 is 0 Å². The van der Waals surface area contributed by atoms with Gasteiger partial charge in [0.2, 0.25) is 0 Å². The van der Waals surface area contributed by atoms with Crippen LogP contribution < -0.4 is 5.32 Å². The van der Waals surface area contributed by atoms with Crippen LogP contribution in [0.25, 0.3) is 0 Å². The van der Waals surface area contributed by atoms with Crippen LogP contribution in [-0.2, 0) is 9.47 Å². The van der Waals surface area contributed by atoms with Crippen molar-refractivity contribution in [3.05, 3.63) is 12.2 Å². The molecule has 8 rings (SSSR count). The fourth-order valence-electron chi connectivity index (χ4n) is 7.01. The average molecular weight is 444 g/mol. The number of piperidine rings is 1. The highest BCUT2D eigenvalue weighted by Gasteiger charge is 2.34. The molecule has 5 aliphatic carbocycles. The van der Waals surface area contributed by atoms with Crippen molar-refractivity contribution in [1.82, 2.24) is 5.32 Å². The summed E-state index contributed by atoms with van der Waals surface area (Å²) in [5, 5.41) is 3.52. The molecular formula is C29H49NO2. The topological polar surface area (TPSA) is 30.5 Å². The lowest BCUT2D eigenvalue weighted by Gasteiger charge is -2.41. The quantitative estimate of drug-likeness (QED) is 0.432. The van der Waals surface area contributed by atoms with Crippen LogP contribution in [0.1, 0.15) is 96.3 Å². The summed E-state index contributed by atoms with van der Waals surface area (Å²) in [4.78, 5) is 0. The standard InChI is InChI=1S/C8H12.C7H13N.2C7H12O/c1-2-4-8-6-5-7(8)3-1;1-2-6-3-4-7(6)8-5-1;1-2-7-5-8-4-3-6(1)7;1-2-6-3-4-7(6)8-5-1/h1-2,7-8H,3-6H2;6-8H,1-5H2;2*6-7H,1-5H2. The number of rotatable bonds is 0. The first kappa shape index (κ1) is 23.4. The number of allylic oxidation sites excluding steroid dienone is 2. The summed E-state index contributed by atoms with van der Waals surface area (Å²) in [5.74, 6) is 6.25. The fraction of sp³-hybridized carbons (Fsp3) is 0.931.